The minimum atomic E-state index is -0.441. The Hall–Kier alpha value is -4.63. The molecule has 42 heavy (non-hydrogen) atoms. The molecule has 2 unspecified atom stereocenters. The molecule has 1 saturated heterocycles. The second-order valence-electron chi connectivity index (χ2n) is 10.6. The van der Waals surface area contributed by atoms with Crippen LogP contribution in [-0.2, 0) is 6.54 Å². The number of methoxy groups -OCH3 is 1. The van der Waals surface area contributed by atoms with E-state index in [1.165, 1.54) is 31.4 Å². The van der Waals surface area contributed by atoms with E-state index in [1.54, 1.807) is 42.5 Å². The normalized spacial score (nSPS) is 17.3. The maximum atomic E-state index is 13.5. The number of halogens is 2. The first-order valence-electron chi connectivity index (χ1n) is 13.6. The lowest BCUT2D eigenvalue weighted by molar-refractivity contribution is 0.101. The van der Waals surface area contributed by atoms with Gasteiger partial charge in [-0.1, -0.05) is 17.7 Å². The van der Waals surface area contributed by atoms with Crippen molar-refractivity contribution < 1.29 is 18.7 Å². The third-order valence-electron chi connectivity index (χ3n) is 7.84. The molecule has 2 N–H and O–H groups in total. The van der Waals surface area contributed by atoms with Crippen LogP contribution in [0.4, 0.5) is 21.5 Å². The summed E-state index contributed by atoms with van der Waals surface area (Å²) in [7, 11) is 1.51. The van der Waals surface area contributed by atoms with Crippen LogP contribution < -0.4 is 25.8 Å². The van der Waals surface area contributed by atoms with E-state index in [0.29, 0.717) is 47.3 Å². The summed E-state index contributed by atoms with van der Waals surface area (Å²) < 4.78 is 20.5. The van der Waals surface area contributed by atoms with Gasteiger partial charge in [0, 0.05) is 54.1 Å². The number of nitrogens with one attached hydrogen (secondary N) is 2. The highest BCUT2D eigenvalue weighted by Crippen LogP contribution is 2.39. The van der Waals surface area contributed by atoms with Crippen molar-refractivity contribution in [2.75, 3.05) is 35.7 Å². The van der Waals surface area contributed by atoms with Gasteiger partial charge in [-0.15, -0.1) is 0 Å². The Morgan fingerprint density at radius 3 is 2.43 bits per heavy atom. The minimum Gasteiger partial charge on any atom is -0.495 e. The predicted molar refractivity (Wildman–Crippen MR) is 161 cm³/mol. The molecule has 1 aromatic heterocycles. The van der Waals surface area contributed by atoms with Gasteiger partial charge >= 0.3 is 0 Å². The van der Waals surface area contributed by atoms with Crippen molar-refractivity contribution in [2.24, 2.45) is 5.92 Å². The average Bonchev–Trinajstić information content (AvgIpc) is 2.98. The zero-order valence-corrected chi connectivity index (χ0v) is 23.5. The van der Waals surface area contributed by atoms with Crippen LogP contribution in [0.2, 0.25) is 5.02 Å². The second-order valence-corrected chi connectivity index (χ2v) is 11.0. The number of rotatable bonds is 6. The Balaban J connectivity index is 1.32. The number of piperidine rings is 1. The van der Waals surface area contributed by atoms with Gasteiger partial charge in [0.05, 0.1) is 23.5 Å². The van der Waals surface area contributed by atoms with Gasteiger partial charge in [0.2, 0.25) is 0 Å². The van der Waals surface area contributed by atoms with Crippen molar-refractivity contribution in [3.05, 3.63) is 117 Å². The Morgan fingerprint density at radius 2 is 1.67 bits per heavy atom. The molecule has 0 radical (unpaired) electrons. The average molecular weight is 587 g/mol. The molecule has 2 bridgehead atoms. The number of hydrogen-bond donors (Lipinski definition) is 2. The molecule has 6 rings (SSSR count). The van der Waals surface area contributed by atoms with Gasteiger partial charge in [0.1, 0.15) is 11.6 Å². The van der Waals surface area contributed by atoms with Gasteiger partial charge in [0.15, 0.2) is 0 Å². The summed E-state index contributed by atoms with van der Waals surface area (Å²) in [5, 5.41) is 6.14. The first-order valence-corrected chi connectivity index (χ1v) is 14.0. The number of benzene rings is 3. The number of anilines is 3. The molecule has 4 aromatic rings. The zero-order valence-electron chi connectivity index (χ0n) is 22.8. The highest BCUT2D eigenvalue weighted by Gasteiger charge is 2.35. The molecular weight excluding hydrogens is 559 g/mol. The van der Waals surface area contributed by atoms with Crippen LogP contribution in [0.1, 0.15) is 38.7 Å². The largest absolute Gasteiger partial charge is 0.495 e. The summed E-state index contributed by atoms with van der Waals surface area (Å²) >= 11 is 6.23. The summed E-state index contributed by atoms with van der Waals surface area (Å²) in [5.41, 5.74) is 3.34. The first-order chi connectivity index (χ1) is 20.3. The van der Waals surface area contributed by atoms with Gasteiger partial charge in [-0.05, 0) is 79.1 Å². The van der Waals surface area contributed by atoms with E-state index in [9.17, 15) is 18.8 Å². The predicted octanol–water partition coefficient (Wildman–Crippen LogP) is 5.78. The zero-order chi connectivity index (χ0) is 29.4. The molecule has 0 saturated carbocycles. The quantitative estimate of drug-likeness (QED) is 0.299. The molecule has 1 fully saturated rings. The van der Waals surface area contributed by atoms with Crippen LogP contribution >= 0.6 is 11.6 Å². The number of ether oxygens (including phenoxy) is 1. The lowest BCUT2D eigenvalue weighted by atomic mass is 9.83. The first kappa shape index (κ1) is 27.5. The van der Waals surface area contributed by atoms with E-state index in [4.69, 9.17) is 16.3 Å². The Labute approximate surface area is 246 Å². The van der Waals surface area contributed by atoms with Crippen molar-refractivity contribution in [1.82, 2.24) is 4.57 Å². The molecule has 8 nitrogen and oxygen atoms in total. The molecule has 2 atom stereocenters. The van der Waals surface area contributed by atoms with E-state index in [-0.39, 0.29) is 28.9 Å². The summed E-state index contributed by atoms with van der Waals surface area (Å²) in [6.45, 7) is 1.96. The number of fused-ring (bicyclic) bond motifs is 4. The third kappa shape index (κ3) is 5.47. The van der Waals surface area contributed by atoms with Crippen LogP contribution in [0, 0.1) is 11.7 Å². The fourth-order valence-corrected chi connectivity index (χ4v) is 6.15. The smallest absolute Gasteiger partial charge is 0.255 e. The highest BCUT2D eigenvalue weighted by atomic mass is 35.5. The Morgan fingerprint density at radius 1 is 0.905 bits per heavy atom. The highest BCUT2D eigenvalue weighted by molar-refractivity contribution is 6.32. The number of aromatic nitrogens is 1. The molecule has 2 aliphatic heterocycles. The molecule has 0 spiro atoms. The number of nitrogens with zero attached hydrogens (tertiary/aromatic N) is 2. The summed E-state index contributed by atoms with van der Waals surface area (Å²) in [6, 6.07) is 20.8. The molecule has 0 aliphatic carbocycles. The SMILES string of the molecule is COc1ccc(NC(=O)c2ccc(N3CC4CC(C3)c3cccc(=O)n3C4)c(NC(=O)c3ccc(F)cc3)c2)cc1Cl. The molecule has 3 aromatic carbocycles. The fourth-order valence-electron chi connectivity index (χ4n) is 5.89. The van der Waals surface area contributed by atoms with Gasteiger partial charge in [-0.2, -0.15) is 0 Å². The number of carbonyl (C=O) groups is 2. The van der Waals surface area contributed by atoms with E-state index < -0.39 is 11.7 Å². The molecule has 10 heteroatoms. The van der Waals surface area contributed by atoms with Crippen molar-refractivity contribution in [3.63, 3.8) is 0 Å². The molecule has 3 heterocycles. The standard InChI is InChI=1S/C32H28ClFN4O4/c1-42-29-12-10-24(15-25(29)33)35-32(41)21-7-11-28(26(14-21)36-31(40)20-5-8-23(34)9-6-20)37-16-19-13-22(18-37)27-3-2-4-30(39)38(27)17-19/h2-12,14-15,19,22H,13,16-18H2,1H3,(H,35,41)(H,36,40). The van der Waals surface area contributed by atoms with Crippen molar-refractivity contribution in [3.8, 4) is 5.75 Å². The number of pyridine rings is 1. The number of amides is 2. The molecular formula is C32H28ClFN4O4. The maximum absolute atomic E-state index is 13.5. The lowest BCUT2D eigenvalue weighted by Gasteiger charge is -2.44. The fraction of sp³-hybridized carbons (Fsp3) is 0.219. The summed E-state index contributed by atoms with van der Waals surface area (Å²) in [5.74, 6) is -0.365. The van der Waals surface area contributed by atoms with Gasteiger partial charge in [0.25, 0.3) is 17.4 Å². The van der Waals surface area contributed by atoms with E-state index in [2.05, 4.69) is 15.5 Å². The molecule has 214 valence electrons. The summed E-state index contributed by atoms with van der Waals surface area (Å²) in [6.07, 6.45) is 0.974. The Kier molecular flexibility index (Phi) is 7.43. The van der Waals surface area contributed by atoms with Crippen LogP contribution in [0.15, 0.2) is 83.7 Å². The van der Waals surface area contributed by atoms with Crippen molar-refractivity contribution in [1.29, 1.82) is 0 Å². The van der Waals surface area contributed by atoms with Crippen LogP contribution in [-0.4, -0.2) is 36.6 Å². The van der Waals surface area contributed by atoms with Crippen molar-refractivity contribution in [2.45, 2.75) is 18.9 Å². The Bertz CT molecular complexity index is 1740. The molecule has 2 amide bonds. The van der Waals surface area contributed by atoms with E-state index in [1.807, 2.05) is 16.7 Å². The topological polar surface area (TPSA) is 92.7 Å². The number of carbonyl (C=O) groups excluding carboxylic acids is 2. The lowest BCUT2D eigenvalue weighted by Crippen LogP contribution is -2.47. The third-order valence-corrected chi connectivity index (χ3v) is 8.14. The van der Waals surface area contributed by atoms with Crippen LogP contribution in [0.3, 0.4) is 0 Å². The van der Waals surface area contributed by atoms with E-state index in [0.717, 1.165) is 17.8 Å². The maximum Gasteiger partial charge on any atom is 0.255 e. The van der Waals surface area contributed by atoms with Gasteiger partial charge in [-0.3, -0.25) is 14.4 Å². The van der Waals surface area contributed by atoms with Gasteiger partial charge in [-0.25, -0.2) is 4.39 Å². The van der Waals surface area contributed by atoms with Gasteiger partial charge < -0.3 is 24.8 Å². The second kappa shape index (κ2) is 11.3. The molecule has 2 aliphatic rings. The van der Waals surface area contributed by atoms with Crippen molar-refractivity contribution >= 4 is 40.5 Å². The minimum absolute atomic E-state index is 0.0106. The van der Waals surface area contributed by atoms with E-state index >= 15 is 0 Å². The summed E-state index contributed by atoms with van der Waals surface area (Å²) in [4.78, 5) is 41.2. The number of hydrogen-bond acceptors (Lipinski definition) is 5. The van der Waals surface area contributed by atoms with Crippen LogP contribution in [0.25, 0.3) is 0 Å². The monoisotopic (exact) mass is 586 g/mol. The van der Waals surface area contributed by atoms with Crippen LogP contribution in [0.5, 0.6) is 5.75 Å².